The van der Waals surface area contributed by atoms with Crippen molar-refractivity contribution in [2.75, 3.05) is 19.8 Å². The molecule has 3 amide bonds. The largest absolute Gasteiger partial charge is 0.445 e. The van der Waals surface area contributed by atoms with Gasteiger partial charge in [0.1, 0.15) is 18.8 Å². The van der Waals surface area contributed by atoms with Crippen LogP contribution in [0.2, 0.25) is 0 Å². The van der Waals surface area contributed by atoms with Crippen LogP contribution in [-0.2, 0) is 43.3 Å². The van der Waals surface area contributed by atoms with E-state index in [9.17, 15) is 19.5 Å². The smallest absolute Gasteiger partial charge is 0.408 e. The van der Waals surface area contributed by atoms with Gasteiger partial charge < -0.3 is 34.7 Å². The second kappa shape index (κ2) is 19.3. The Balaban J connectivity index is 1.18. The number of fused-ring (bicyclic) bond motifs is 1. The first-order valence-electron chi connectivity index (χ1n) is 18.7. The lowest BCUT2D eigenvalue weighted by molar-refractivity contribution is -0.130. The van der Waals surface area contributed by atoms with Crippen molar-refractivity contribution in [3.05, 3.63) is 126 Å². The number of alkyl carbamates (subject to hydrolysis) is 2. The highest BCUT2D eigenvalue weighted by Crippen LogP contribution is 2.33. The molecule has 2 aliphatic rings. The van der Waals surface area contributed by atoms with E-state index >= 15 is 0 Å². The van der Waals surface area contributed by atoms with Gasteiger partial charge in [-0.05, 0) is 47.6 Å². The van der Waals surface area contributed by atoms with Crippen LogP contribution in [-0.4, -0.2) is 83.5 Å². The van der Waals surface area contributed by atoms with Gasteiger partial charge >= 0.3 is 12.2 Å². The van der Waals surface area contributed by atoms with E-state index in [-0.39, 0.29) is 50.8 Å². The van der Waals surface area contributed by atoms with Crippen LogP contribution in [0.25, 0.3) is 11.3 Å². The van der Waals surface area contributed by atoms with Gasteiger partial charge in [0.15, 0.2) is 6.29 Å². The maximum atomic E-state index is 13.9. The van der Waals surface area contributed by atoms with Crippen molar-refractivity contribution in [1.82, 2.24) is 26.1 Å². The Bertz CT molecular complexity index is 1820. The molecular weight excluding hydrogens is 702 g/mol. The number of nitrogens with one attached hydrogen (secondary N) is 3. The first-order chi connectivity index (χ1) is 26.7. The Morgan fingerprint density at radius 3 is 2.25 bits per heavy atom. The van der Waals surface area contributed by atoms with E-state index in [0.717, 1.165) is 34.4 Å². The van der Waals surface area contributed by atoms with Crippen LogP contribution in [0.3, 0.4) is 0 Å². The maximum Gasteiger partial charge on any atom is 0.408 e. The molecule has 6 rings (SSSR count). The molecule has 2 aliphatic heterocycles. The number of benzene rings is 3. The van der Waals surface area contributed by atoms with Gasteiger partial charge in [-0.1, -0.05) is 105 Å². The zero-order valence-corrected chi connectivity index (χ0v) is 31.1. The highest BCUT2D eigenvalue weighted by molar-refractivity contribution is 5.85. The Hall–Kier alpha value is -5.34. The average Bonchev–Trinajstić information content (AvgIpc) is 3.82. The molecule has 55 heavy (non-hydrogen) atoms. The lowest BCUT2D eigenvalue weighted by Gasteiger charge is -2.32. The number of ether oxygens (including phenoxy) is 4. The molecule has 3 aromatic carbocycles. The molecule has 2 fully saturated rings. The standard InChI is InChI=1S/C42H49N5O8/c1-28(2)38(45-41(50)54-26-31-13-7-4-8-14-31)39(49)46-47(24-30-16-18-32(19-17-30)34-15-9-10-21-43-34)25-36(48)35(23-29-11-5-3-6-12-29)44-42(51)55-37-27-53-40-33(37)20-22-52-40/h3-19,21,28,33,35-38,40,48H,20,22-27H2,1-2H3,(H,44,51)(H,45,50)(H,46,49)/t33-,35-,36-,37-,38?,40+/m0/s1. The number of nitrogens with zero attached hydrogens (tertiary/aromatic N) is 2. The molecule has 0 radical (unpaired) electrons. The molecule has 13 nitrogen and oxygen atoms in total. The fourth-order valence-corrected chi connectivity index (χ4v) is 6.71. The number of carbonyl (C=O) groups is 3. The molecule has 3 heterocycles. The third-order valence-corrected chi connectivity index (χ3v) is 9.71. The van der Waals surface area contributed by atoms with Gasteiger partial charge in [0.05, 0.1) is 37.0 Å². The number of aromatic nitrogens is 1. The number of rotatable bonds is 16. The van der Waals surface area contributed by atoms with Gasteiger partial charge in [0.25, 0.3) is 5.91 Å². The highest BCUT2D eigenvalue weighted by atomic mass is 16.7. The summed E-state index contributed by atoms with van der Waals surface area (Å²) in [5.41, 5.74) is 7.22. The summed E-state index contributed by atoms with van der Waals surface area (Å²) in [5, 5.41) is 19.0. The average molecular weight is 752 g/mol. The van der Waals surface area contributed by atoms with Crippen molar-refractivity contribution in [3.63, 3.8) is 0 Å². The van der Waals surface area contributed by atoms with Gasteiger partial charge in [-0.3, -0.25) is 15.2 Å². The van der Waals surface area contributed by atoms with Crippen molar-refractivity contribution < 1.29 is 38.4 Å². The molecule has 0 spiro atoms. The quantitative estimate of drug-likeness (QED) is 0.115. The summed E-state index contributed by atoms with van der Waals surface area (Å²) in [7, 11) is 0. The molecule has 1 unspecified atom stereocenters. The number of hydrazine groups is 1. The molecule has 290 valence electrons. The lowest BCUT2D eigenvalue weighted by Crippen LogP contribution is -2.57. The van der Waals surface area contributed by atoms with Gasteiger partial charge in [-0.25, -0.2) is 14.6 Å². The SMILES string of the molecule is CC(C)C(NC(=O)OCc1ccccc1)C(=O)NN(Cc1ccc(-c2ccccn2)cc1)C[C@H](O)[C@H](Cc1ccccc1)NC(=O)O[C@H]1CO[C@H]2OCC[C@H]21. The molecule has 4 aromatic rings. The summed E-state index contributed by atoms with van der Waals surface area (Å²) in [4.78, 5) is 44.5. The Labute approximate surface area is 321 Å². The summed E-state index contributed by atoms with van der Waals surface area (Å²) in [5.74, 6) is -0.845. The van der Waals surface area contributed by atoms with E-state index in [1.807, 2.05) is 117 Å². The summed E-state index contributed by atoms with van der Waals surface area (Å²) < 4.78 is 22.4. The molecule has 0 saturated carbocycles. The number of aliphatic hydroxyl groups is 1. The fourth-order valence-electron chi connectivity index (χ4n) is 6.71. The first-order valence-corrected chi connectivity index (χ1v) is 18.7. The predicted molar refractivity (Wildman–Crippen MR) is 204 cm³/mol. The molecule has 6 atom stereocenters. The van der Waals surface area contributed by atoms with Crippen LogP contribution in [0.4, 0.5) is 9.59 Å². The van der Waals surface area contributed by atoms with E-state index in [1.165, 1.54) is 0 Å². The van der Waals surface area contributed by atoms with Crippen molar-refractivity contribution in [2.24, 2.45) is 11.8 Å². The van der Waals surface area contributed by atoms with Gasteiger partial charge in [0, 0.05) is 24.8 Å². The Morgan fingerprint density at radius 1 is 0.855 bits per heavy atom. The number of hydrogen-bond donors (Lipinski definition) is 4. The minimum absolute atomic E-state index is 0.0452. The normalized spacial score (nSPS) is 19.3. The van der Waals surface area contributed by atoms with Crippen LogP contribution < -0.4 is 16.1 Å². The van der Waals surface area contributed by atoms with Crippen LogP contribution >= 0.6 is 0 Å². The summed E-state index contributed by atoms with van der Waals surface area (Å²) in [6.07, 6.45) is -0.687. The van der Waals surface area contributed by atoms with Crippen LogP contribution in [0, 0.1) is 11.8 Å². The Kier molecular flexibility index (Phi) is 13.8. The molecule has 2 saturated heterocycles. The second-order valence-electron chi connectivity index (χ2n) is 14.2. The Morgan fingerprint density at radius 2 is 1.56 bits per heavy atom. The maximum absolute atomic E-state index is 13.9. The summed E-state index contributed by atoms with van der Waals surface area (Å²) in [6.45, 7) is 4.57. The molecule has 1 aromatic heterocycles. The number of hydrogen-bond acceptors (Lipinski definition) is 10. The van der Waals surface area contributed by atoms with Crippen molar-refractivity contribution in [3.8, 4) is 11.3 Å². The van der Waals surface area contributed by atoms with Gasteiger partial charge in [-0.2, -0.15) is 0 Å². The van der Waals surface area contributed by atoms with Crippen molar-refractivity contribution in [2.45, 2.75) is 70.4 Å². The van der Waals surface area contributed by atoms with Crippen LogP contribution in [0.5, 0.6) is 0 Å². The number of amides is 3. The molecule has 0 bridgehead atoms. The zero-order valence-electron chi connectivity index (χ0n) is 31.1. The van der Waals surface area contributed by atoms with Crippen LogP contribution in [0.1, 0.15) is 37.0 Å². The molecule has 4 N–H and O–H groups in total. The summed E-state index contributed by atoms with van der Waals surface area (Å²) >= 11 is 0. The lowest BCUT2D eigenvalue weighted by atomic mass is 10.0. The number of aliphatic hydroxyl groups excluding tert-OH is 1. The predicted octanol–water partition coefficient (Wildman–Crippen LogP) is 4.99. The topological polar surface area (TPSA) is 161 Å². The monoisotopic (exact) mass is 751 g/mol. The highest BCUT2D eigenvalue weighted by Gasteiger charge is 2.44. The zero-order chi connectivity index (χ0) is 38.6. The van der Waals surface area contributed by atoms with E-state index in [0.29, 0.717) is 6.61 Å². The summed E-state index contributed by atoms with van der Waals surface area (Å²) in [6, 6.07) is 30.4. The number of carbonyl (C=O) groups excluding carboxylic acids is 3. The first kappa shape index (κ1) is 39.4. The van der Waals surface area contributed by atoms with E-state index < -0.39 is 42.4 Å². The minimum Gasteiger partial charge on any atom is -0.445 e. The number of pyridine rings is 1. The van der Waals surface area contributed by atoms with Crippen molar-refractivity contribution in [1.29, 1.82) is 0 Å². The third kappa shape index (κ3) is 11.3. The fraction of sp³-hybridized carbons (Fsp3) is 0.381. The van der Waals surface area contributed by atoms with Gasteiger partial charge in [0.2, 0.25) is 0 Å². The van der Waals surface area contributed by atoms with E-state index in [4.69, 9.17) is 18.9 Å². The molecule has 0 aliphatic carbocycles. The molecular formula is C42H49N5O8. The van der Waals surface area contributed by atoms with Gasteiger partial charge in [-0.15, -0.1) is 0 Å². The van der Waals surface area contributed by atoms with Crippen LogP contribution in [0.15, 0.2) is 109 Å². The third-order valence-electron chi connectivity index (χ3n) is 9.71. The van der Waals surface area contributed by atoms with E-state index in [2.05, 4.69) is 21.0 Å². The second-order valence-corrected chi connectivity index (χ2v) is 14.2. The molecule has 13 heteroatoms. The minimum atomic E-state index is -1.18. The van der Waals surface area contributed by atoms with Crippen molar-refractivity contribution >= 4 is 18.1 Å². The van der Waals surface area contributed by atoms with E-state index in [1.54, 1.807) is 11.2 Å².